The number of carboxylic acids is 1. The summed E-state index contributed by atoms with van der Waals surface area (Å²) >= 11 is 0. The molecule has 0 radical (unpaired) electrons. The summed E-state index contributed by atoms with van der Waals surface area (Å²) in [5, 5.41) is 24.1. The summed E-state index contributed by atoms with van der Waals surface area (Å²) in [6.45, 7) is 0. The first-order valence-electron chi connectivity index (χ1n) is 7.18. The number of phenolic OH excluding ortho intramolecular Hbond substituents is 1. The van der Waals surface area contributed by atoms with Crippen molar-refractivity contribution in [1.82, 2.24) is 5.32 Å². The Morgan fingerprint density at radius 1 is 1.14 bits per heavy atom. The fourth-order valence-electron chi connectivity index (χ4n) is 2.61. The second-order valence-corrected chi connectivity index (χ2v) is 5.84. The van der Waals surface area contributed by atoms with Crippen LogP contribution in [0.1, 0.15) is 36.0 Å². The second-order valence-electron chi connectivity index (χ2n) is 5.84. The quantitative estimate of drug-likeness (QED) is 0.626. The number of carbonyl (C=O) groups is 2. The lowest BCUT2D eigenvalue weighted by molar-refractivity contribution is 0.0696. The van der Waals surface area contributed by atoms with Crippen molar-refractivity contribution in [3.05, 3.63) is 23.8 Å². The Bertz CT molecular complexity index is 567. The maximum absolute atomic E-state index is 12.0. The molecule has 3 rings (SSSR count). The van der Waals surface area contributed by atoms with Gasteiger partial charge < -0.3 is 20.8 Å². The zero-order valence-corrected chi connectivity index (χ0v) is 11.5. The van der Waals surface area contributed by atoms with E-state index >= 15 is 0 Å². The van der Waals surface area contributed by atoms with Gasteiger partial charge in [0.15, 0.2) is 0 Å². The van der Waals surface area contributed by atoms with E-state index in [4.69, 9.17) is 5.11 Å². The zero-order valence-electron chi connectivity index (χ0n) is 11.5. The monoisotopic (exact) mass is 290 g/mol. The number of carbonyl (C=O) groups excluding carboxylic acids is 1. The molecule has 2 fully saturated rings. The van der Waals surface area contributed by atoms with Crippen molar-refractivity contribution in [2.45, 2.75) is 31.7 Å². The fraction of sp³-hybridized carbons (Fsp3) is 0.467. The molecule has 0 atom stereocenters. The minimum atomic E-state index is -1.12. The first-order valence-corrected chi connectivity index (χ1v) is 7.18. The largest absolute Gasteiger partial charge is 0.506 e. The van der Waals surface area contributed by atoms with Gasteiger partial charge in [0.25, 0.3) is 0 Å². The summed E-state index contributed by atoms with van der Waals surface area (Å²) in [5.74, 6) is -0.194. The van der Waals surface area contributed by atoms with E-state index in [1.807, 2.05) is 0 Å². The van der Waals surface area contributed by atoms with Crippen LogP contribution in [0.3, 0.4) is 0 Å². The number of urea groups is 1. The Morgan fingerprint density at radius 2 is 1.76 bits per heavy atom. The third kappa shape index (κ3) is 3.26. The molecular weight excluding hydrogens is 272 g/mol. The maximum atomic E-state index is 12.0. The van der Waals surface area contributed by atoms with Gasteiger partial charge in [-0.2, -0.15) is 0 Å². The van der Waals surface area contributed by atoms with Crippen LogP contribution >= 0.6 is 0 Å². The van der Waals surface area contributed by atoms with Crippen LogP contribution in [0.2, 0.25) is 0 Å². The maximum Gasteiger partial charge on any atom is 0.335 e. The lowest BCUT2D eigenvalue weighted by Crippen LogP contribution is -2.40. The molecule has 1 aromatic carbocycles. The molecule has 0 spiro atoms. The number of aromatic carboxylic acids is 1. The average molecular weight is 290 g/mol. The second kappa shape index (κ2) is 5.27. The average Bonchev–Trinajstić information content (AvgIpc) is 3.30. The molecule has 0 heterocycles. The highest BCUT2D eigenvalue weighted by Crippen LogP contribution is 2.44. The number of amides is 2. The zero-order chi connectivity index (χ0) is 15.0. The molecule has 2 amide bonds. The van der Waals surface area contributed by atoms with Crippen LogP contribution in [0.15, 0.2) is 18.2 Å². The number of hydrogen-bond donors (Lipinski definition) is 4. The number of aromatic hydroxyl groups is 1. The Morgan fingerprint density at radius 3 is 2.24 bits per heavy atom. The summed E-state index contributed by atoms with van der Waals surface area (Å²) in [7, 11) is 0. The van der Waals surface area contributed by atoms with Crippen molar-refractivity contribution in [3.8, 4) is 5.75 Å². The molecule has 0 saturated heterocycles. The molecule has 2 aliphatic rings. The Balaban J connectivity index is 1.62. The number of hydrogen-bond acceptors (Lipinski definition) is 3. The van der Waals surface area contributed by atoms with Crippen LogP contribution in [0.5, 0.6) is 5.75 Å². The van der Waals surface area contributed by atoms with Crippen molar-refractivity contribution in [2.75, 3.05) is 5.32 Å². The van der Waals surface area contributed by atoms with Crippen molar-refractivity contribution < 1.29 is 19.8 Å². The van der Waals surface area contributed by atoms with Crippen LogP contribution in [0.25, 0.3) is 0 Å². The van der Waals surface area contributed by atoms with Gasteiger partial charge in [0, 0.05) is 6.04 Å². The van der Waals surface area contributed by atoms with Gasteiger partial charge in [0.1, 0.15) is 5.75 Å². The summed E-state index contributed by atoms with van der Waals surface area (Å²) in [5.41, 5.74) is 0.190. The van der Waals surface area contributed by atoms with E-state index in [-0.39, 0.29) is 29.1 Å². The van der Waals surface area contributed by atoms with E-state index in [0.29, 0.717) is 11.8 Å². The molecule has 0 aliphatic heterocycles. The first-order chi connectivity index (χ1) is 10.0. The van der Waals surface area contributed by atoms with Crippen molar-refractivity contribution in [2.24, 2.45) is 11.8 Å². The highest BCUT2D eigenvalue weighted by atomic mass is 16.4. The fourth-order valence-corrected chi connectivity index (χ4v) is 2.61. The number of carboxylic acid groups (broad SMARTS) is 1. The molecule has 21 heavy (non-hydrogen) atoms. The number of rotatable bonds is 5. The molecule has 0 unspecified atom stereocenters. The van der Waals surface area contributed by atoms with E-state index in [1.54, 1.807) is 0 Å². The smallest absolute Gasteiger partial charge is 0.335 e. The summed E-state index contributed by atoms with van der Waals surface area (Å²) < 4.78 is 0. The molecule has 4 N–H and O–H groups in total. The molecule has 6 nitrogen and oxygen atoms in total. The van der Waals surface area contributed by atoms with Crippen LogP contribution in [0.4, 0.5) is 10.5 Å². The highest BCUT2D eigenvalue weighted by Gasteiger charge is 2.42. The minimum Gasteiger partial charge on any atom is -0.506 e. The Kier molecular flexibility index (Phi) is 3.45. The van der Waals surface area contributed by atoms with Gasteiger partial charge in [-0.05, 0) is 55.7 Å². The summed E-state index contributed by atoms with van der Waals surface area (Å²) in [6.07, 6.45) is 4.67. The Labute approximate surface area is 122 Å². The van der Waals surface area contributed by atoms with E-state index in [0.717, 1.165) is 6.07 Å². The van der Waals surface area contributed by atoms with Crippen molar-refractivity contribution in [3.63, 3.8) is 0 Å². The normalized spacial score (nSPS) is 17.6. The summed E-state index contributed by atoms with van der Waals surface area (Å²) in [6, 6.07) is 3.73. The first kappa shape index (κ1) is 13.7. The topological polar surface area (TPSA) is 98.7 Å². The van der Waals surface area contributed by atoms with E-state index in [9.17, 15) is 14.7 Å². The number of nitrogens with one attached hydrogen (secondary N) is 2. The molecule has 2 saturated carbocycles. The molecule has 2 aliphatic carbocycles. The number of benzene rings is 1. The van der Waals surface area contributed by atoms with Crippen molar-refractivity contribution in [1.29, 1.82) is 0 Å². The third-order valence-corrected chi connectivity index (χ3v) is 4.05. The predicted molar refractivity (Wildman–Crippen MR) is 76.5 cm³/mol. The molecule has 6 heteroatoms. The van der Waals surface area contributed by atoms with E-state index in [1.165, 1.54) is 37.8 Å². The van der Waals surface area contributed by atoms with Crippen LogP contribution in [-0.4, -0.2) is 28.3 Å². The molecule has 0 aromatic heterocycles. The number of anilines is 1. The van der Waals surface area contributed by atoms with Gasteiger partial charge in [-0.1, -0.05) is 0 Å². The third-order valence-electron chi connectivity index (χ3n) is 4.05. The van der Waals surface area contributed by atoms with Gasteiger partial charge in [0.2, 0.25) is 0 Å². The Hall–Kier alpha value is -2.24. The predicted octanol–water partition coefficient (Wildman–Crippen LogP) is 2.40. The lowest BCUT2D eigenvalue weighted by Gasteiger charge is -2.18. The standard InChI is InChI=1S/C15H18N2O4/c18-12-7-10(14(19)20)5-6-11(12)16-15(21)17-13(8-1-2-8)9-3-4-9/h5-9,13,18H,1-4H2,(H,19,20)(H2,16,17,21). The van der Waals surface area contributed by atoms with Crippen LogP contribution in [-0.2, 0) is 0 Å². The van der Waals surface area contributed by atoms with Gasteiger partial charge >= 0.3 is 12.0 Å². The minimum absolute atomic E-state index is 0.0210. The van der Waals surface area contributed by atoms with Crippen molar-refractivity contribution >= 4 is 17.7 Å². The SMILES string of the molecule is O=C(Nc1ccc(C(=O)O)cc1O)NC(C1CC1)C1CC1. The molecule has 112 valence electrons. The van der Waals surface area contributed by atoms with Gasteiger partial charge in [-0.3, -0.25) is 0 Å². The lowest BCUT2D eigenvalue weighted by atomic mass is 10.1. The molecule has 1 aromatic rings. The molecular formula is C15H18N2O4. The van der Waals surface area contributed by atoms with Crippen LogP contribution in [0, 0.1) is 11.8 Å². The van der Waals surface area contributed by atoms with Crippen LogP contribution < -0.4 is 10.6 Å². The number of phenols is 1. The van der Waals surface area contributed by atoms with E-state index in [2.05, 4.69) is 10.6 Å². The van der Waals surface area contributed by atoms with Gasteiger partial charge in [-0.15, -0.1) is 0 Å². The molecule has 0 bridgehead atoms. The van der Waals surface area contributed by atoms with Gasteiger partial charge in [-0.25, -0.2) is 9.59 Å². The van der Waals surface area contributed by atoms with Gasteiger partial charge in [0.05, 0.1) is 11.3 Å². The highest BCUT2D eigenvalue weighted by molar-refractivity contribution is 5.93. The summed E-state index contributed by atoms with van der Waals surface area (Å²) in [4.78, 5) is 22.8. The van der Waals surface area contributed by atoms with E-state index < -0.39 is 5.97 Å².